The van der Waals surface area contributed by atoms with Crippen molar-refractivity contribution in [3.05, 3.63) is 35.4 Å². The molecule has 2 rings (SSSR count). The van der Waals surface area contributed by atoms with Gasteiger partial charge in [0.1, 0.15) is 11.6 Å². The molecule has 1 fully saturated rings. The number of rotatable bonds is 1. The van der Waals surface area contributed by atoms with Crippen molar-refractivity contribution >= 4 is 17.7 Å². The molecule has 0 aromatic heterocycles. The lowest BCUT2D eigenvalue weighted by molar-refractivity contribution is -0.120. The molecule has 5 heteroatoms. The van der Waals surface area contributed by atoms with E-state index in [0.29, 0.717) is 12.3 Å². The number of carbonyl (C=O) groups is 1. The minimum atomic E-state index is -0.471. The molecule has 1 N–H and O–H groups in total. The number of hydrogen-bond acceptors (Lipinski definition) is 2. The van der Waals surface area contributed by atoms with Crippen LogP contribution in [0.5, 0.6) is 0 Å². The first-order valence-electron chi connectivity index (χ1n) is 5.00. The Labute approximate surface area is 96.4 Å². The first kappa shape index (κ1) is 11.4. The molecular weight excluding hydrogens is 232 g/mol. The van der Waals surface area contributed by atoms with Gasteiger partial charge in [-0.25, -0.2) is 8.78 Å². The Bertz CT molecular complexity index is 411. The standard InChI is InChI=1S/C11H11F2NOS/c12-7-1-2-9(13)8(5-7)10-6-11(15)14-3-4-16-10/h1-2,5,10H,3-4,6H2,(H,14,15). The van der Waals surface area contributed by atoms with Crippen molar-refractivity contribution in [2.45, 2.75) is 11.7 Å². The van der Waals surface area contributed by atoms with Gasteiger partial charge in [0.25, 0.3) is 0 Å². The van der Waals surface area contributed by atoms with E-state index in [1.54, 1.807) is 0 Å². The average molecular weight is 243 g/mol. The minimum Gasteiger partial charge on any atom is -0.355 e. The third-order valence-corrected chi connectivity index (χ3v) is 3.68. The quantitative estimate of drug-likeness (QED) is 0.819. The maximum atomic E-state index is 13.5. The number of halogens is 2. The maximum absolute atomic E-state index is 13.5. The molecule has 16 heavy (non-hydrogen) atoms. The molecule has 1 aliphatic heterocycles. The van der Waals surface area contributed by atoms with Gasteiger partial charge in [0.2, 0.25) is 5.91 Å². The fraction of sp³-hybridized carbons (Fsp3) is 0.364. The molecule has 0 aliphatic carbocycles. The van der Waals surface area contributed by atoms with Gasteiger partial charge in [-0.3, -0.25) is 4.79 Å². The van der Waals surface area contributed by atoms with E-state index in [2.05, 4.69) is 5.32 Å². The van der Waals surface area contributed by atoms with E-state index in [1.807, 2.05) is 0 Å². The Kier molecular flexibility index (Phi) is 3.43. The molecule has 0 bridgehead atoms. The monoisotopic (exact) mass is 243 g/mol. The number of hydrogen-bond donors (Lipinski definition) is 1. The smallest absolute Gasteiger partial charge is 0.221 e. The summed E-state index contributed by atoms with van der Waals surface area (Å²) in [6.45, 7) is 0.580. The predicted octanol–water partition coefficient (Wildman–Crippen LogP) is 2.26. The van der Waals surface area contributed by atoms with E-state index >= 15 is 0 Å². The second-order valence-corrected chi connectivity index (χ2v) is 4.89. The van der Waals surface area contributed by atoms with Crippen molar-refractivity contribution in [2.24, 2.45) is 0 Å². The maximum Gasteiger partial charge on any atom is 0.221 e. The molecule has 1 saturated heterocycles. The molecule has 1 atom stereocenters. The predicted molar refractivity (Wildman–Crippen MR) is 59.2 cm³/mol. The van der Waals surface area contributed by atoms with E-state index in [-0.39, 0.29) is 23.1 Å². The summed E-state index contributed by atoms with van der Waals surface area (Å²) < 4.78 is 26.5. The summed E-state index contributed by atoms with van der Waals surface area (Å²) in [4.78, 5) is 11.3. The SMILES string of the molecule is O=C1CC(c2cc(F)ccc2F)SCCN1. The van der Waals surface area contributed by atoms with Gasteiger partial charge in [-0.15, -0.1) is 0 Å². The van der Waals surface area contributed by atoms with E-state index in [0.717, 1.165) is 12.1 Å². The van der Waals surface area contributed by atoms with Crippen LogP contribution in [0.2, 0.25) is 0 Å². The lowest BCUT2D eigenvalue weighted by Gasteiger charge is -2.13. The van der Waals surface area contributed by atoms with Gasteiger partial charge in [-0.05, 0) is 18.2 Å². The van der Waals surface area contributed by atoms with Crippen LogP contribution in [-0.2, 0) is 4.79 Å². The van der Waals surface area contributed by atoms with Crippen molar-refractivity contribution in [3.8, 4) is 0 Å². The van der Waals surface area contributed by atoms with Crippen LogP contribution in [0.25, 0.3) is 0 Å². The Balaban J connectivity index is 2.27. The number of nitrogens with one attached hydrogen (secondary N) is 1. The van der Waals surface area contributed by atoms with Crippen molar-refractivity contribution in [3.63, 3.8) is 0 Å². The molecule has 1 heterocycles. The Morgan fingerprint density at radius 2 is 2.19 bits per heavy atom. The summed E-state index contributed by atoms with van der Waals surface area (Å²) >= 11 is 1.47. The topological polar surface area (TPSA) is 29.1 Å². The second-order valence-electron chi connectivity index (χ2n) is 3.58. The fourth-order valence-corrected chi connectivity index (χ4v) is 2.79. The van der Waals surface area contributed by atoms with Crippen LogP contribution in [0.15, 0.2) is 18.2 Å². The highest BCUT2D eigenvalue weighted by molar-refractivity contribution is 7.99. The van der Waals surface area contributed by atoms with Gasteiger partial charge in [0, 0.05) is 29.5 Å². The Hall–Kier alpha value is -1.10. The van der Waals surface area contributed by atoms with Gasteiger partial charge in [-0.1, -0.05) is 0 Å². The lowest BCUT2D eigenvalue weighted by atomic mass is 10.1. The molecule has 1 unspecified atom stereocenters. The Morgan fingerprint density at radius 3 is 3.00 bits per heavy atom. The molecule has 2 nitrogen and oxygen atoms in total. The van der Waals surface area contributed by atoms with E-state index in [9.17, 15) is 13.6 Å². The van der Waals surface area contributed by atoms with Crippen LogP contribution in [-0.4, -0.2) is 18.2 Å². The zero-order valence-electron chi connectivity index (χ0n) is 8.50. The average Bonchev–Trinajstić information content (AvgIpc) is 2.46. The van der Waals surface area contributed by atoms with Crippen LogP contribution < -0.4 is 5.32 Å². The molecule has 1 aromatic rings. The second kappa shape index (κ2) is 4.82. The number of amides is 1. The highest BCUT2D eigenvalue weighted by Crippen LogP contribution is 2.34. The first-order chi connectivity index (χ1) is 7.66. The van der Waals surface area contributed by atoms with Crippen molar-refractivity contribution < 1.29 is 13.6 Å². The summed E-state index contributed by atoms with van der Waals surface area (Å²) in [6, 6.07) is 3.36. The summed E-state index contributed by atoms with van der Waals surface area (Å²) in [5.74, 6) is -0.319. The summed E-state index contributed by atoms with van der Waals surface area (Å²) in [7, 11) is 0. The van der Waals surface area contributed by atoms with Gasteiger partial charge in [0.15, 0.2) is 0 Å². The molecule has 1 amide bonds. The third-order valence-electron chi connectivity index (χ3n) is 2.42. The number of carbonyl (C=O) groups excluding carboxylic acids is 1. The van der Waals surface area contributed by atoms with Crippen LogP contribution in [0.4, 0.5) is 8.78 Å². The van der Waals surface area contributed by atoms with Crippen LogP contribution in [0.3, 0.4) is 0 Å². The first-order valence-corrected chi connectivity index (χ1v) is 6.05. The zero-order valence-corrected chi connectivity index (χ0v) is 9.32. The van der Waals surface area contributed by atoms with Crippen LogP contribution in [0.1, 0.15) is 17.2 Å². The summed E-state index contributed by atoms with van der Waals surface area (Å²) in [5.41, 5.74) is 0.280. The minimum absolute atomic E-state index is 0.112. The van der Waals surface area contributed by atoms with Gasteiger partial charge >= 0.3 is 0 Å². The number of benzene rings is 1. The van der Waals surface area contributed by atoms with Crippen molar-refractivity contribution in [2.75, 3.05) is 12.3 Å². The van der Waals surface area contributed by atoms with Crippen molar-refractivity contribution in [1.29, 1.82) is 0 Å². The van der Waals surface area contributed by atoms with Crippen LogP contribution in [0, 0.1) is 11.6 Å². The molecule has 1 aromatic carbocycles. The van der Waals surface area contributed by atoms with E-state index < -0.39 is 11.6 Å². The van der Waals surface area contributed by atoms with Gasteiger partial charge in [0.05, 0.1) is 0 Å². The van der Waals surface area contributed by atoms with Gasteiger partial charge < -0.3 is 5.32 Å². The largest absolute Gasteiger partial charge is 0.355 e. The molecule has 0 saturated carbocycles. The fourth-order valence-electron chi connectivity index (χ4n) is 1.65. The zero-order chi connectivity index (χ0) is 11.5. The van der Waals surface area contributed by atoms with Gasteiger partial charge in [-0.2, -0.15) is 11.8 Å². The third kappa shape index (κ3) is 2.52. The molecule has 0 radical (unpaired) electrons. The van der Waals surface area contributed by atoms with E-state index in [4.69, 9.17) is 0 Å². The number of thioether (sulfide) groups is 1. The summed E-state index contributed by atoms with van der Waals surface area (Å²) in [5, 5.41) is 2.41. The van der Waals surface area contributed by atoms with E-state index in [1.165, 1.54) is 17.8 Å². The summed E-state index contributed by atoms with van der Waals surface area (Å²) in [6.07, 6.45) is 0.199. The molecule has 1 aliphatic rings. The molecule has 86 valence electrons. The highest BCUT2D eigenvalue weighted by Gasteiger charge is 2.22. The molecule has 0 spiro atoms. The normalized spacial score (nSPS) is 21.4. The molecular formula is C11H11F2NOS. The Morgan fingerprint density at radius 1 is 1.38 bits per heavy atom. The van der Waals surface area contributed by atoms with Crippen molar-refractivity contribution in [1.82, 2.24) is 5.32 Å². The highest BCUT2D eigenvalue weighted by atomic mass is 32.2. The lowest BCUT2D eigenvalue weighted by Crippen LogP contribution is -2.23. The van der Waals surface area contributed by atoms with Crippen LogP contribution >= 0.6 is 11.8 Å².